The summed E-state index contributed by atoms with van der Waals surface area (Å²) in [5.41, 5.74) is 0. The van der Waals surface area contributed by atoms with Crippen LogP contribution in [0.4, 0.5) is 39.9 Å². The van der Waals surface area contributed by atoms with Gasteiger partial charge < -0.3 is 15.4 Å². The van der Waals surface area contributed by atoms with Crippen LogP contribution >= 0.6 is 0 Å². The van der Waals surface area contributed by atoms with E-state index in [4.69, 9.17) is 0 Å². The zero-order valence-electron chi connectivity index (χ0n) is 14.1. The number of alkyl carbamates (subject to hydrolysis) is 1. The van der Waals surface area contributed by atoms with E-state index in [0.29, 0.717) is 25.8 Å². The van der Waals surface area contributed by atoms with Crippen LogP contribution in [0, 0.1) is 6.92 Å². The van der Waals surface area contributed by atoms with Gasteiger partial charge in [-0.15, -0.1) is 0 Å². The van der Waals surface area contributed by atoms with Gasteiger partial charge in [-0.05, 0) is 12.8 Å². The molecule has 2 N–H and O–H groups in total. The molecular formula is C14H16F8N2O4. The SMILES string of the molecule is [CH2]C(F)(F)C(F)(F)C(F)(F)C(F)(F)C(=O)OC(=O)NCCCCCCN[C]=O. The first-order chi connectivity index (χ1) is 12.6. The van der Waals surface area contributed by atoms with Crippen LogP contribution in [0.25, 0.3) is 0 Å². The first-order valence-electron chi connectivity index (χ1n) is 7.59. The van der Waals surface area contributed by atoms with E-state index in [1.54, 1.807) is 5.32 Å². The number of carbonyl (C=O) groups is 2. The molecule has 0 spiro atoms. The fraction of sp³-hybridized carbons (Fsp3) is 0.714. The number of halogens is 8. The van der Waals surface area contributed by atoms with Crippen molar-refractivity contribution >= 4 is 18.5 Å². The molecule has 0 aromatic heterocycles. The molecule has 0 aromatic carbocycles. The maximum atomic E-state index is 13.3. The van der Waals surface area contributed by atoms with E-state index in [-0.39, 0.29) is 13.0 Å². The van der Waals surface area contributed by atoms with Crippen LogP contribution < -0.4 is 10.6 Å². The summed E-state index contributed by atoms with van der Waals surface area (Å²) in [5, 5.41) is 3.98. The van der Waals surface area contributed by atoms with Gasteiger partial charge in [0.1, 0.15) is 0 Å². The number of ether oxygens (including phenoxy) is 1. The second-order valence-corrected chi connectivity index (χ2v) is 5.47. The molecule has 0 aliphatic carbocycles. The Balaban J connectivity index is 4.63. The standard InChI is InChI=1S/C14H16F8N2O4/c1-11(15,16)13(19,20)14(21,22)12(17,18)9(26)28-10(27)24-7-5-3-2-4-6-23-8-25/h1-7H2,(H,23,25)(H,24,27). The van der Waals surface area contributed by atoms with E-state index in [0.717, 1.165) is 0 Å². The molecule has 0 bridgehead atoms. The lowest BCUT2D eigenvalue weighted by atomic mass is 10.00. The minimum absolute atomic E-state index is 0.229. The Morgan fingerprint density at radius 2 is 1.36 bits per heavy atom. The number of hydrogen-bond acceptors (Lipinski definition) is 4. The molecule has 2 amide bonds. The molecule has 0 atom stereocenters. The molecular weight excluding hydrogens is 412 g/mol. The number of rotatable bonds is 12. The predicted molar refractivity (Wildman–Crippen MR) is 76.8 cm³/mol. The molecule has 0 fully saturated rings. The Morgan fingerprint density at radius 3 is 1.82 bits per heavy atom. The third-order valence-corrected chi connectivity index (χ3v) is 3.26. The van der Waals surface area contributed by atoms with E-state index in [9.17, 15) is 49.5 Å². The van der Waals surface area contributed by atoms with Crippen LogP contribution in [0.1, 0.15) is 25.7 Å². The Labute approximate surface area is 154 Å². The molecule has 0 saturated heterocycles. The summed E-state index contributed by atoms with van der Waals surface area (Å²) in [5.74, 6) is -29.3. The van der Waals surface area contributed by atoms with E-state index in [1.807, 2.05) is 0 Å². The average molecular weight is 428 g/mol. The summed E-state index contributed by atoms with van der Waals surface area (Å²) >= 11 is 0. The van der Waals surface area contributed by atoms with E-state index < -0.39 is 35.8 Å². The topological polar surface area (TPSA) is 84.5 Å². The average Bonchev–Trinajstić information content (AvgIpc) is 2.55. The molecule has 28 heavy (non-hydrogen) atoms. The van der Waals surface area contributed by atoms with Crippen LogP contribution in [0.15, 0.2) is 0 Å². The Kier molecular flexibility index (Phi) is 9.11. The van der Waals surface area contributed by atoms with Crippen molar-refractivity contribution in [1.82, 2.24) is 10.6 Å². The van der Waals surface area contributed by atoms with Gasteiger partial charge in [-0.2, -0.15) is 35.1 Å². The number of alkyl halides is 8. The van der Waals surface area contributed by atoms with Crippen molar-refractivity contribution in [2.24, 2.45) is 0 Å². The minimum atomic E-state index is -6.89. The molecule has 14 heteroatoms. The minimum Gasteiger partial charge on any atom is -0.372 e. The van der Waals surface area contributed by atoms with E-state index in [1.165, 1.54) is 13.3 Å². The molecule has 0 rings (SSSR count). The Bertz CT molecular complexity index is 552. The predicted octanol–water partition coefficient (Wildman–Crippen LogP) is 2.83. The fourth-order valence-electron chi connectivity index (χ4n) is 1.67. The molecule has 2 radical (unpaired) electrons. The Hall–Kier alpha value is -2.15. The highest BCUT2D eigenvalue weighted by atomic mass is 19.4. The Morgan fingerprint density at radius 1 is 0.857 bits per heavy atom. The smallest absolute Gasteiger partial charge is 0.372 e. The normalized spacial score (nSPS) is 13.0. The van der Waals surface area contributed by atoms with Crippen LogP contribution in [0.3, 0.4) is 0 Å². The summed E-state index contributed by atoms with van der Waals surface area (Å²) in [7, 11) is 0. The van der Waals surface area contributed by atoms with Gasteiger partial charge in [0.05, 0.1) is 0 Å². The summed E-state index contributed by atoms with van der Waals surface area (Å²) in [6, 6.07) is 0. The second-order valence-electron chi connectivity index (χ2n) is 5.47. The number of amides is 2. The van der Waals surface area contributed by atoms with Crippen molar-refractivity contribution in [3.8, 4) is 0 Å². The highest BCUT2D eigenvalue weighted by Gasteiger charge is 2.82. The first-order valence-corrected chi connectivity index (χ1v) is 7.59. The van der Waals surface area contributed by atoms with Crippen LogP contribution in [-0.4, -0.2) is 55.3 Å². The van der Waals surface area contributed by atoms with Crippen LogP contribution in [0.5, 0.6) is 0 Å². The van der Waals surface area contributed by atoms with Crippen LogP contribution in [-0.2, 0) is 14.3 Å². The lowest BCUT2D eigenvalue weighted by Crippen LogP contribution is -2.64. The molecule has 0 saturated carbocycles. The summed E-state index contributed by atoms with van der Waals surface area (Å²) in [6.45, 7) is 1.46. The number of unbranched alkanes of at least 4 members (excludes halogenated alkanes) is 3. The van der Waals surface area contributed by atoms with Gasteiger partial charge in [0, 0.05) is 20.0 Å². The highest BCUT2D eigenvalue weighted by molar-refractivity contribution is 5.89. The molecule has 0 aliphatic heterocycles. The van der Waals surface area contributed by atoms with E-state index >= 15 is 0 Å². The van der Waals surface area contributed by atoms with Gasteiger partial charge in [0.2, 0.25) is 0 Å². The zero-order valence-corrected chi connectivity index (χ0v) is 14.1. The molecule has 0 aromatic rings. The van der Waals surface area contributed by atoms with Crippen molar-refractivity contribution in [1.29, 1.82) is 0 Å². The number of nitrogens with one attached hydrogen (secondary N) is 2. The number of carbonyl (C=O) groups excluding carboxylic acids is 3. The van der Waals surface area contributed by atoms with Gasteiger partial charge in [0.25, 0.3) is 0 Å². The number of esters is 1. The highest BCUT2D eigenvalue weighted by Crippen LogP contribution is 2.52. The maximum Gasteiger partial charge on any atom is 0.415 e. The molecule has 0 unspecified atom stereocenters. The maximum absolute atomic E-state index is 13.3. The third-order valence-electron chi connectivity index (χ3n) is 3.26. The zero-order chi connectivity index (χ0) is 22.2. The third kappa shape index (κ3) is 6.19. The van der Waals surface area contributed by atoms with Crippen LogP contribution in [0.2, 0.25) is 0 Å². The van der Waals surface area contributed by atoms with Gasteiger partial charge in [-0.25, -0.2) is 9.59 Å². The summed E-state index contributed by atoms with van der Waals surface area (Å²) < 4.78 is 107. The number of hydrogen-bond donors (Lipinski definition) is 2. The lowest BCUT2D eigenvalue weighted by molar-refractivity contribution is -0.349. The van der Waals surface area contributed by atoms with Gasteiger partial charge in [-0.3, -0.25) is 4.79 Å². The quantitative estimate of drug-likeness (QED) is 0.165. The first kappa shape index (κ1) is 25.9. The largest absolute Gasteiger partial charge is 0.415 e. The van der Waals surface area contributed by atoms with Crippen molar-refractivity contribution in [2.45, 2.75) is 49.4 Å². The summed E-state index contributed by atoms with van der Waals surface area (Å²) in [6.07, 6.45) is 1.30. The van der Waals surface area contributed by atoms with Crippen molar-refractivity contribution in [3.05, 3.63) is 6.92 Å². The van der Waals surface area contributed by atoms with Crippen molar-refractivity contribution < 1.29 is 54.2 Å². The molecule has 162 valence electrons. The monoisotopic (exact) mass is 428 g/mol. The molecule has 6 nitrogen and oxygen atoms in total. The van der Waals surface area contributed by atoms with Gasteiger partial charge in [-0.1, -0.05) is 12.8 Å². The van der Waals surface area contributed by atoms with Gasteiger partial charge >= 0.3 is 42.2 Å². The van der Waals surface area contributed by atoms with Crippen molar-refractivity contribution in [2.75, 3.05) is 13.1 Å². The van der Waals surface area contributed by atoms with Crippen molar-refractivity contribution in [3.63, 3.8) is 0 Å². The van der Waals surface area contributed by atoms with Gasteiger partial charge in [0.15, 0.2) is 0 Å². The molecule has 0 heterocycles. The lowest BCUT2D eigenvalue weighted by Gasteiger charge is -2.33. The second kappa shape index (κ2) is 9.87. The summed E-state index contributed by atoms with van der Waals surface area (Å²) in [4.78, 5) is 31.9. The fourth-order valence-corrected chi connectivity index (χ4v) is 1.67. The van der Waals surface area contributed by atoms with E-state index in [2.05, 4.69) is 10.1 Å². The molecule has 0 aliphatic rings.